The van der Waals surface area contributed by atoms with Gasteiger partial charge >= 0.3 is 0 Å². The highest BCUT2D eigenvalue weighted by molar-refractivity contribution is 5.81. The molecule has 2 aromatic rings. The third-order valence-electron chi connectivity index (χ3n) is 4.45. The molecule has 1 aliphatic rings. The Morgan fingerprint density at radius 2 is 1.95 bits per heavy atom. The van der Waals surface area contributed by atoms with E-state index in [1.165, 1.54) is 37.5 Å². The van der Waals surface area contributed by atoms with Crippen molar-refractivity contribution in [2.75, 3.05) is 12.8 Å². The van der Waals surface area contributed by atoms with Gasteiger partial charge < -0.3 is 5.73 Å². The van der Waals surface area contributed by atoms with Crippen LogP contribution in [0.5, 0.6) is 0 Å². The van der Waals surface area contributed by atoms with Crippen molar-refractivity contribution in [2.45, 2.75) is 44.7 Å². The molecule has 1 fully saturated rings. The SMILES string of the molecule is CN(Cc1cc2ccccc2nc1N)C1CCCCC1. The molecule has 0 atom stereocenters. The van der Waals surface area contributed by atoms with Crippen LogP contribution in [0.3, 0.4) is 0 Å². The van der Waals surface area contributed by atoms with Crippen LogP contribution in [0.1, 0.15) is 37.7 Å². The lowest BCUT2D eigenvalue weighted by Gasteiger charge is -2.31. The van der Waals surface area contributed by atoms with Crippen LogP contribution in [0.15, 0.2) is 30.3 Å². The second-order valence-electron chi connectivity index (χ2n) is 5.93. The molecule has 3 rings (SSSR count). The second-order valence-corrected chi connectivity index (χ2v) is 5.93. The molecule has 0 radical (unpaired) electrons. The van der Waals surface area contributed by atoms with E-state index in [0.29, 0.717) is 11.9 Å². The zero-order chi connectivity index (χ0) is 13.9. The first-order valence-electron chi connectivity index (χ1n) is 7.58. The maximum Gasteiger partial charge on any atom is 0.128 e. The summed E-state index contributed by atoms with van der Waals surface area (Å²) < 4.78 is 0. The lowest BCUT2D eigenvalue weighted by molar-refractivity contribution is 0.185. The number of aromatic nitrogens is 1. The number of benzene rings is 1. The number of pyridine rings is 1. The average molecular weight is 269 g/mol. The Balaban J connectivity index is 1.80. The molecule has 1 aromatic heterocycles. The third-order valence-corrected chi connectivity index (χ3v) is 4.45. The molecule has 1 aromatic carbocycles. The molecule has 0 unspecified atom stereocenters. The molecule has 1 saturated carbocycles. The Labute approximate surface area is 120 Å². The quantitative estimate of drug-likeness (QED) is 0.926. The fraction of sp³-hybridized carbons (Fsp3) is 0.471. The minimum absolute atomic E-state index is 0.673. The van der Waals surface area contributed by atoms with Gasteiger partial charge in [0.15, 0.2) is 0 Å². The highest BCUT2D eigenvalue weighted by Crippen LogP contribution is 2.25. The topological polar surface area (TPSA) is 42.2 Å². The van der Waals surface area contributed by atoms with Crippen molar-refractivity contribution in [1.29, 1.82) is 0 Å². The summed E-state index contributed by atoms with van der Waals surface area (Å²) in [6.07, 6.45) is 6.75. The van der Waals surface area contributed by atoms with Gasteiger partial charge in [-0.25, -0.2) is 4.98 Å². The van der Waals surface area contributed by atoms with Crippen LogP contribution in [-0.4, -0.2) is 23.0 Å². The summed E-state index contributed by atoms with van der Waals surface area (Å²) in [5, 5.41) is 1.17. The van der Waals surface area contributed by atoms with E-state index >= 15 is 0 Å². The number of hydrogen-bond acceptors (Lipinski definition) is 3. The summed E-state index contributed by atoms with van der Waals surface area (Å²) in [5.74, 6) is 0.673. The first-order valence-corrected chi connectivity index (χ1v) is 7.58. The maximum absolute atomic E-state index is 6.13. The molecule has 1 heterocycles. The van der Waals surface area contributed by atoms with Crippen molar-refractivity contribution in [3.05, 3.63) is 35.9 Å². The van der Waals surface area contributed by atoms with Gasteiger partial charge in [0, 0.05) is 23.5 Å². The lowest BCUT2D eigenvalue weighted by Crippen LogP contribution is -2.33. The largest absolute Gasteiger partial charge is 0.383 e. The van der Waals surface area contributed by atoms with E-state index in [2.05, 4.69) is 35.1 Å². The van der Waals surface area contributed by atoms with Crippen molar-refractivity contribution in [3.63, 3.8) is 0 Å². The first-order chi connectivity index (χ1) is 9.74. The van der Waals surface area contributed by atoms with Gasteiger partial charge in [-0.15, -0.1) is 0 Å². The Morgan fingerprint density at radius 1 is 1.20 bits per heavy atom. The van der Waals surface area contributed by atoms with E-state index in [1.54, 1.807) is 0 Å². The molecule has 0 bridgehead atoms. The smallest absolute Gasteiger partial charge is 0.128 e. The van der Waals surface area contributed by atoms with Crippen LogP contribution < -0.4 is 5.73 Å². The van der Waals surface area contributed by atoms with Crippen molar-refractivity contribution in [3.8, 4) is 0 Å². The molecule has 1 aliphatic carbocycles. The van der Waals surface area contributed by atoms with E-state index in [-0.39, 0.29) is 0 Å². The summed E-state index contributed by atoms with van der Waals surface area (Å²) in [4.78, 5) is 6.97. The lowest BCUT2D eigenvalue weighted by atomic mass is 9.94. The number of para-hydroxylation sites is 1. The molecule has 3 heteroatoms. The first kappa shape index (κ1) is 13.4. The molecule has 20 heavy (non-hydrogen) atoms. The molecular formula is C17H23N3. The van der Waals surface area contributed by atoms with E-state index in [1.807, 2.05) is 12.1 Å². The zero-order valence-electron chi connectivity index (χ0n) is 12.2. The number of rotatable bonds is 3. The summed E-state index contributed by atoms with van der Waals surface area (Å²) in [7, 11) is 2.21. The van der Waals surface area contributed by atoms with Crippen molar-refractivity contribution < 1.29 is 0 Å². The van der Waals surface area contributed by atoms with Crippen LogP contribution in [0.2, 0.25) is 0 Å². The van der Waals surface area contributed by atoms with Gasteiger partial charge in [0.2, 0.25) is 0 Å². The molecule has 0 saturated heterocycles. The van der Waals surface area contributed by atoms with E-state index in [4.69, 9.17) is 5.73 Å². The number of nitrogens with two attached hydrogens (primary N) is 1. The fourth-order valence-corrected chi connectivity index (χ4v) is 3.22. The number of anilines is 1. The van der Waals surface area contributed by atoms with Gasteiger partial charge in [0.1, 0.15) is 5.82 Å². The molecule has 3 nitrogen and oxygen atoms in total. The number of nitrogen functional groups attached to an aromatic ring is 1. The average Bonchev–Trinajstić information content (AvgIpc) is 2.49. The van der Waals surface area contributed by atoms with Gasteiger partial charge in [-0.3, -0.25) is 4.90 Å². The van der Waals surface area contributed by atoms with Crippen LogP contribution in [-0.2, 0) is 6.54 Å². The Morgan fingerprint density at radius 3 is 2.75 bits per heavy atom. The molecule has 2 N–H and O–H groups in total. The summed E-state index contributed by atoms with van der Waals surface area (Å²) in [6, 6.07) is 11.1. The van der Waals surface area contributed by atoms with Crippen molar-refractivity contribution in [1.82, 2.24) is 9.88 Å². The van der Waals surface area contributed by atoms with Gasteiger partial charge in [-0.1, -0.05) is 37.5 Å². The predicted molar refractivity (Wildman–Crippen MR) is 84.5 cm³/mol. The van der Waals surface area contributed by atoms with Crippen molar-refractivity contribution in [2.24, 2.45) is 0 Å². The normalized spacial score (nSPS) is 16.9. The summed E-state index contributed by atoms with van der Waals surface area (Å²) in [5.41, 5.74) is 8.26. The number of hydrogen-bond donors (Lipinski definition) is 1. The summed E-state index contributed by atoms with van der Waals surface area (Å²) >= 11 is 0. The molecule has 0 amide bonds. The van der Waals surface area contributed by atoms with Crippen LogP contribution in [0.25, 0.3) is 10.9 Å². The van der Waals surface area contributed by atoms with Crippen molar-refractivity contribution >= 4 is 16.7 Å². The highest BCUT2D eigenvalue weighted by Gasteiger charge is 2.19. The van der Waals surface area contributed by atoms with Crippen LogP contribution >= 0.6 is 0 Å². The maximum atomic E-state index is 6.13. The Bertz CT molecular complexity index is 588. The van der Waals surface area contributed by atoms with E-state index in [0.717, 1.165) is 17.6 Å². The molecule has 0 spiro atoms. The van der Waals surface area contributed by atoms with Gasteiger partial charge in [0.25, 0.3) is 0 Å². The Hall–Kier alpha value is -1.61. The molecule has 106 valence electrons. The van der Waals surface area contributed by atoms with Gasteiger partial charge in [-0.05, 0) is 32.0 Å². The second kappa shape index (κ2) is 5.80. The summed E-state index contributed by atoms with van der Waals surface area (Å²) in [6.45, 7) is 0.897. The van der Waals surface area contributed by atoms with E-state index in [9.17, 15) is 0 Å². The number of fused-ring (bicyclic) bond motifs is 1. The highest BCUT2D eigenvalue weighted by atomic mass is 15.1. The Kier molecular flexibility index (Phi) is 3.88. The standard InChI is InChI=1S/C17H23N3/c1-20(15-8-3-2-4-9-15)12-14-11-13-7-5-6-10-16(13)19-17(14)18/h5-7,10-11,15H,2-4,8-9,12H2,1H3,(H2,18,19). The predicted octanol–water partition coefficient (Wildman–Crippen LogP) is 3.58. The minimum atomic E-state index is 0.673. The van der Waals surface area contributed by atoms with Crippen LogP contribution in [0.4, 0.5) is 5.82 Å². The molecule has 0 aliphatic heterocycles. The monoisotopic (exact) mass is 269 g/mol. The fourth-order valence-electron chi connectivity index (χ4n) is 3.22. The number of nitrogens with zero attached hydrogens (tertiary/aromatic N) is 2. The third kappa shape index (κ3) is 2.78. The van der Waals surface area contributed by atoms with Gasteiger partial charge in [-0.2, -0.15) is 0 Å². The van der Waals surface area contributed by atoms with E-state index < -0.39 is 0 Å². The van der Waals surface area contributed by atoms with Gasteiger partial charge in [0.05, 0.1) is 5.52 Å². The van der Waals surface area contributed by atoms with Crippen LogP contribution in [0, 0.1) is 0 Å². The minimum Gasteiger partial charge on any atom is -0.383 e. The molecular weight excluding hydrogens is 246 g/mol. The zero-order valence-corrected chi connectivity index (χ0v) is 12.2.